The molecule has 0 unspecified atom stereocenters. The van der Waals surface area contributed by atoms with Gasteiger partial charge >= 0.3 is 0 Å². The number of hydrogen-bond donors (Lipinski definition) is 1. The summed E-state index contributed by atoms with van der Waals surface area (Å²) >= 11 is 3.54. The molecule has 5 heteroatoms. The Balaban J connectivity index is 1.93. The van der Waals surface area contributed by atoms with Crippen molar-refractivity contribution in [2.45, 2.75) is 19.3 Å². The van der Waals surface area contributed by atoms with Gasteiger partial charge in [-0.15, -0.1) is 0 Å². The molecule has 1 aromatic carbocycles. The van der Waals surface area contributed by atoms with Gasteiger partial charge < -0.3 is 10.6 Å². The zero-order valence-electron chi connectivity index (χ0n) is 11.2. The minimum Gasteiger partial charge on any atom is -0.383 e. The van der Waals surface area contributed by atoms with Crippen LogP contribution in [0.1, 0.15) is 19.3 Å². The van der Waals surface area contributed by atoms with Crippen LogP contribution in [0.25, 0.3) is 11.1 Å². The molecular formula is C15H17BrN4. The number of hydrogen-bond acceptors (Lipinski definition) is 4. The SMILES string of the molecule is Nc1nc(N2CCCCC2)ncc1-c1ccccc1Br. The fourth-order valence-corrected chi connectivity index (χ4v) is 3.02. The number of piperidine rings is 1. The molecule has 1 saturated heterocycles. The lowest BCUT2D eigenvalue weighted by molar-refractivity contribution is 0.568. The van der Waals surface area contributed by atoms with Crippen LogP contribution in [0, 0.1) is 0 Å². The first-order chi connectivity index (χ1) is 9.75. The Morgan fingerprint density at radius 3 is 2.50 bits per heavy atom. The van der Waals surface area contributed by atoms with E-state index in [4.69, 9.17) is 5.73 Å². The summed E-state index contributed by atoms with van der Waals surface area (Å²) in [5, 5.41) is 0. The standard InChI is InChI=1S/C15H17BrN4/c16-13-7-3-2-6-11(13)12-10-18-15(19-14(12)17)20-8-4-1-5-9-20/h2-3,6-7,10H,1,4-5,8-9H2,(H2,17,18,19). The van der Waals surface area contributed by atoms with Crippen LogP contribution in [0.15, 0.2) is 34.9 Å². The molecule has 20 heavy (non-hydrogen) atoms. The number of anilines is 2. The van der Waals surface area contributed by atoms with Crippen molar-refractivity contribution < 1.29 is 0 Å². The molecule has 2 aromatic rings. The Morgan fingerprint density at radius 2 is 1.80 bits per heavy atom. The Kier molecular flexibility index (Phi) is 3.87. The van der Waals surface area contributed by atoms with E-state index < -0.39 is 0 Å². The first-order valence-corrected chi connectivity index (χ1v) is 7.67. The third-order valence-corrected chi connectivity index (χ3v) is 4.30. The van der Waals surface area contributed by atoms with Gasteiger partial charge in [0.2, 0.25) is 5.95 Å². The highest BCUT2D eigenvalue weighted by Gasteiger charge is 2.15. The van der Waals surface area contributed by atoms with Crippen molar-refractivity contribution in [2.75, 3.05) is 23.7 Å². The number of nitrogens with zero attached hydrogens (tertiary/aromatic N) is 3. The fraction of sp³-hybridized carbons (Fsp3) is 0.333. The van der Waals surface area contributed by atoms with E-state index in [0.29, 0.717) is 5.82 Å². The normalized spacial score (nSPS) is 15.3. The number of nitrogen functional groups attached to an aromatic ring is 1. The van der Waals surface area contributed by atoms with Crippen LogP contribution in [-0.4, -0.2) is 23.1 Å². The van der Waals surface area contributed by atoms with E-state index in [1.54, 1.807) is 0 Å². The highest BCUT2D eigenvalue weighted by molar-refractivity contribution is 9.10. The van der Waals surface area contributed by atoms with Gasteiger partial charge in [-0.1, -0.05) is 34.1 Å². The van der Waals surface area contributed by atoms with E-state index in [-0.39, 0.29) is 0 Å². The molecular weight excluding hydrogens is 316 g/mol. The summed E-state index contributed by atoms with van der Waals surface area (Å²) in [6.45, 7) is 2.04. The van der Waals surface area contributed by atoms with Gasteiger partial charge in [-0.05, 0) is 25.3 Å². The van der Waals surface area contributed by atoms with E-state index in [0.717, 1.165) is 34.6 Å². The van der Waals surface area contributed by atoms with Crippen LogP contribution in [0.3, 0.4) is 0 Å². The summed E-state index contributed by atoms with van der Waals surface area (Å²) in [7, 11) is 0. The van der Waals surface area contributed by atoms with E-state index in [1.165, 1.54) is 19.3 Å². The molecule has 2 N–H and O–H groups in total. The average molecular weight is 333 g/mol. The largest absolute Gasteiger partial charge is 0.383 e. The van der Waals surface area contributed by atoms with E-state index >= 15 is 0 Å². The molecule has 0 amide bonds. The molecule has 3 rings (SSSR count). The molecule has 4 nitrogen and oxygen atoms in total. The Morgan fingerprint density at radius 1 is 1.05 bits per heavy atom. The first-order valence-electron chi connectivity index (χ1n) is 6.88. The number of benzene rings is 1. The van der Waals surface area contributed by atoms with E-state index in [9.17, 15) is 0 Å². The predicted octanol–water partition coefficient (Wildman–Crippen LogP) is 3.48. The van der Waals surface area contributed by atoms with Crippen LogP contribution in [0.5, 0.6) is 0 Å². The molecule has 0 aliphatic carbocycles. The topological polar surface area (TPSA) is 55.0 Å². The maximum Gasteiger partial charge on any atom is 0.227 e. The lowest BCUT2D eigenvalue weighted by atomic mass is 10.1. The van der Waals surface area contributed by atoms with Crippen molar-refractivity contribution in [3.05, 3.63) is 34.9 Å². The maximum atomic E-state index is 6.13. The predicted molar refractivity (Wildman–Crippen MR) is 85.6 cm³/mol. The minimum absolute atomic E-state index is 0.535. The van der Waals surface area contributed by atoms with Gasteiger partial charge in [0.1, 0.15) is 5.82 Å². The summed E-state index contributed by atoms with van der Waals surface area (Å²) in [5.41, 5.74) is 8.03. The summed E-state index contributed by atoms with van der Waals surface area (Å²) in [5.74, 6) is 1.28. The van der Waals surface area contributed by atoms with Crippen molar-refractivity contribution >= 4 is 27.7 Å². The number of rotatable bonds is 2. The first kappa shape index (κ1) is 13.4. The monoisotopic (exact) mass is 332 g/mol. The van der Waals surface area contributed by atoms with Crippen molar-refractivity contribution in [1.82, 2.24) is 9.97 Å². The molecule has 0 spiro atoms. The van der Waals surface area contributed by atoms with Gasteiger partial charge in [-0.3, -0.25) is 0 Å². The van der Waals surface area contributed by atoms with Gasteiger partial charge in [0.05, 0.1) is 0 Å². The van der Waals surface area contributed by atoms with Crippen molar-refractivity contribution in [3.8, 4) is 11.1 Å². The second-order valence-corrected chi connectivity index (χ2v) is 5.85. The molecule has 1 aliphatic rings. The van der Waals surface area contributed by atoms with Gasteiger partial charge in [0.25, 0.3) is 0 Å². The molecule has 1 aromatic heterocycles. The van der Waals surface area contributed by atoms with Crippen LogP contribution < -0.4 is 10.6 Å². The Labute approximate surface area is 127 Å². The average Bonchev–Trinajstić information content (AvgIpc) is 2.49. The zero-order valence-corrected chi connectivity index (χ0v) is 12.8. The van der Waals surface area contributed by atoms with Gasteiger partial charge in [0, 0.05) is 34.9 Å². The second kappa shape index (κ2) is 5.79. The van der Waals surface area contributed by atoms with Crippen LogP contribution >= 0.6 is 15.9 Å². The minimum atomic E-state index is 0.535. The fourth-order valence-electron chi connectivity index (χ4n) is 2.52. The molecule has 0 atom stereocenters. The van der Waals surface area contributed by atoms with Crippen molar-refractivity contribution in [1.29, 1.82) is 0 Å². The van der Waals surface area contributed by atoms with Gasteiger partial charge in [0.15, 0.2) is 0 Å². The summed E-state index contributed by atoms with van der Waals surface area (Å²) in [6, 6.07) is 7.97. The highest BCUT2D eigenvalue weighted by Crippen LogP contribution is 2.31. The third-order valence-electron chi connectivity index (χ3n) is 3.61. The molecule has 0 bridgehead atoms. The third kappa shape index (κ3) is 2.63. The lowest BCUT2D eigenvalue weighted by Crippen LogP contribution is -2.31. The molecule has 2 heterocycles. The summed E-state index contributed by atoms with van der Waals surface area (Å²) in [6.07, 6.45) is 5.53. The van der Waals surface area contributed by atoms with Crippen LogP contribution in [0.4, 0.5) is 11.8 Å². The summed E-state index contributed by atoms with van der Waals surface area (Å²) < 4.78 is 1.00. The van der Waals surface area contributed by atoms with E-state index in [2.05, 4.69) is 30.8 Å². The molecule has 0 saturated carbocycles. The number of nitrogens with two attached hydrogens (primary N) is 1. The quantitative estimate of drug-likeness (QED) is 0.914. The Bertz CT molecular complexity index is 609. The number of aromatic nitrogens is 2. The van der Waals surface area contributed by atoms with Crippen molar-refractivity contribution in [3.63, 3.8) is 0 Å². The van der Waals surface area contributed by atoms with Crippen LogP contribution in [0.2, 0.25) is 0 Å². The van der Waals surface area contributed by atoms with Crippen molar-refractivity contribution in [2.24, 2.45) is 0 Å². The second-order valence-electron chi connectivity index (χ2n) is 5.00. The molecule has 0 radical (unpaired) electrons. The Hall–Kier alpha value is -1.62. The highest BCUT2D eigenvalue weighted by atomic mass is 79.9. The van der Waals surface area contributed by atoms with E-state index in [1.807, 2.05) is 30.5 Å². The van der Waals surface area contributed by atoms with Gasteiger partial charge in [-0.2, -0.15) is 4.98 Å². The molecule has 1 aliphatic heterocycles. The smallest absolute Gasteiger partial charge is 0.227 e. The molecule has 104 valence electrons. The summed E-state index contributed by atoms with van der Waals surface area (Å²) in [4.78, 5) is 11.2. The maximum absolute atomic E-state index is 6.13. The molecule has 1 fully saturated rings. The number of halogens is 1. The van der Waals surface area contributed by atoms with Gasteiger partial charge in [-0.25, -0.2) is 4.98 Å². The zero-order chi connectivity index (χ0) is 13.9. The lowest BCUT2D eigenvalue weighted by Gasteiger charge is -2.26. The van der Waals surface area contributed by atoms with Crippen LogP contribution in [-0.2, 0) is 0 Å².